The molecule has 0 amide bonds. The van der Waals surface area contributed by atoms with Crippen LogP contribution < -0.4 is 5.11 Å². The van der Waals surface area contributed by atoms with Crippen LogP contribution in [0.4, 0.5) is 0 Å². The van der Waals surface area contributed by atoms with Crippen molar-refractivity contribution in [1.29, 1.82) is 0 Å². The number of carboxylic acid groups (broad SMARTS) is 1. The number of aliphatic carboxylic acids is 1. The molecule has 0 aliphatic heterocycles. The summed E-state index contributed by atoms with van der Waals surface area (Å²) in [5.41, 5.74) is 0. The number of carbonyl (C=O) groups is 3. The number of esters is 2. The van der Waals surface area contributed by atoms with E-state index >= 15 is 0 Å². The van der Waals surface area contributed by atoms with Gasteiger partial charge in [-0.2, -0.15) is 0 Å². The lowest BCUT2D eigenvalue weighted by Gasteiger charge is -2.26. The van der Waals surface area contributed by atoms with Crippen molar-refractivity contribution in [2.24, 2.45) is 0 Å². The highest BCUT2D eigenvalue weighted by Crippen LogP contribution is 2.17. The molecule has 0 radical (unpaired) electrons. The van der Waals surface area contributed by atoms with Crippen LogP contribution in [0.1, 0.15) is 277 Å². The van der Waals surface area contributed by atoms with Gasteiger partial charge in [0.1, 0.15) is 13.2 Å². The number of carboxylic acids is 1. The summed E-state index contributed by atoms with van der Waals surface area (Å²) in [5, 5.41) is 11.8. The lowest BCUT2D eigenvalue weighted by molar-refractivity contribution is -0.870. The Kier molecular flexibility index (Phi) is 53.9. The highest BCUT2D eigenvalue weighted by Gasteiger charge is 2.22. The van der Waals surface area contributed by atoms with E-state index in [-0.39, 0.29) is 38.6 Å². The molecule has 0 heterocycles. The van der Waals surface area contributed by atoms with E-state index < -0.39 is 24.3 Å². The van der Waals surface area contributed by atoms with Crippen LogP contribution in [0, 0.1) is 0 Å². The first-order chi connectivity index (χ1) is 36.1. The first kappa shape index (κ1) is 71.0. The van der Waals surface area contributed by atoms with Gasteiger partial charge in [-0.25, -0.2) is 0 Å². The molecule has 2 unspecified atom stereocenters. The van der Waals surface area contributed by atoms with Crippen molar-refractivity contribution in [1.82, 2.24) is 0 Å². The molecule has 0 rings (SSSR count). The minimum atomic E-state index is -1.63. The molecule has 74 heavy (non-hydrogen) atoms. The minimum Gasteiger partial charge on any atom is -0.545 e. The maximum atomic E-state index is 12.8. The van der Waals surface area contributed by atoms with Crippen LogP contribution in [0.25, 0.3) is 0 Å². The maximum absolute atomic E-state index is 12.8. The van der Waals surface area contributed by atoms with Gasteiger partial charge in [0.25, 0.3) is 0 Å². The molecule has 2 atom stereocenters. The van der Waals surface area contributed by atoms with Crippen molar-refractivity contribution in [3.63, 3.8) is 0 Å². The molecule has 0 bridgehead atoms. The largest absolute Gasteiger partial charge is 0.545 e. The molecular formula is C65H117NO8. The minimum absolute atomic E-state index is 0.140. The van der Waals surface area contributed by atoms with E-state index in [9.17, 15) is 19.5 Å². The van der Waals surface area contributed by atoms with E-state index in [0.29, 0.717) is 17.4 Å². The Hall–Kier alpha value is -3.01. The van der Waals surface area contributed by atoms with E-state index in [1.165, 1.54) is 173 Å². The second-order valence-electron chi connectivity index (χ2n) is 22.0. The average Bonchev–Trinajstić information content (AvgIpc) is 3.37. The summed E-state index contributed by atoms with van der Waals surface area (Å²) in [4.78, 5) is 37.3. The fourth-order valence-corrected chi connectivity index (χ4v) is 8.80. The molecule has 0 aliphatic rings. The number of hydrogen-bond donors (Lipinski definition) is 0. The Labute approximate surface area is 456 Å². The Morgan fingerprint density at radius 1 is 0.419 bits per heavy atom. The number of quaternary nitrogens is 1. The molecule has 0 aromatic rings. The standard InChI is InChI=1S/C65H117NO8/c1-6-8-10-12-14-16-18-20-22-24-26-27-28-29-30-31-32-33-34-35-36-38-39-41-43-45-47-49-51-53-55-62(67)72-59-61(60-73-65(64(69)70)71-58-57-66(3,4)5)74-63(68)56-54-52-50-48-46-44-42-40-37-25-23-21-19-17-15-13-11-9-7-2/h9,11,15,17,21,23,37,40,44,46,61,65H,6-8,10,12-14,16,18-20,22,24-36,38-39,41-43,45,47-60H2,1-5H3/b11-9-,17-15-,23-21-,40-37-,46-44-. The first-order valence-electron chi connectivity index (χ1n) is 30.9. The van der Waals surface area contributed by atoms with Crippen LogP contribution in [0.5, 0.6) is 0 Å². The van der Waals surface area contributed by atoms with E-state index in [2.05, 4.69) is 74.6 Å². The highest BCUT2D eigenvalue weighted by atomic mass is 16.7. The van der Waals surface area contributed by atoms with E-state index in [4.69, 9.17) is 18.9 Å². The molecule has 0 aromatic carbocycles. The number of nitrogens with zero attached hydrogens (tertiary/aromatic N) is 1. The summed E-state index contributed by atoms with van der Waals surface area (Å²) >= 11 is 0. The molecule has 0 N–H and O–H groups in total. The van der Waals surface area contributed by atoms with Gasteiger partial charge in [-0.15, -0.1) is 0 Å². The summed E-state index contributed by atoms with van der Waals surface area (Å²) in [7, 11) is 5.91. The van der Waals surface area contributed by atoms with Crippen molar-refractivity contribution in [2.75, 3.05) is 47.5 Å². The van der Waals surface area contributed by atoms with Gasteiger partial charge in [-0.1, -0.05) is 267 Å². The van der Waals surface area contributed by atoms with Gasteiger partial charge >= 0.3 is 11.9 Å². The zero-order chi connectivity index (χ0) is 54.1. The van der Waals surface area contributed by atoms with Crippen molar-refractivity contribution >= 4 is 17.9 Å². The topological polar surface area (TPSA) is 111 Å². The molecule has 430 valence electrons. The fraction of sp³-hybridized carbons (Fsp3) is 0.800. The number of carbonyl (C=O) groups excluding carboxylic acids is 3. The predicted octanol–water partition coefficient (Wildman–Crippen LogP) is 17.1. The van der Waals surface area contributed by atoms with E-state index in [0.717, 1.165) is 70.6 Å². The third-order valence-electron chi connectivity index (χ3n) is 13.5. The third kappa shape index (κ3) is 56.7. The lowest BCUT2D eigenvalue weighted by Crippen LogP contribution is -2.44. The van der Waals surface area contributed by atoms with Crippen LogP contribution in [-0.4, -0.2) is 82.3 Å². The third-order valence-corrected chi connectivity index (χ3v) is 13.5. The summed E-state index contributed by atoms with van der Waals surface area (Å²) in [5.74, 6) is -2.32. The van der Waals surface area contributed by atoms with Crippen LogP contribution >= 0.6 is 0 Å². The van der Waals surface area contributed by atoms with Crippen molar-refractivity contribution < 1.29 is 42.9 Å². The zero-order valence-electron chi connectivity index (χ0n) is 49.0. The Balaban J connectivity index is 4.15. The Morgan fingerprint density at radius 2 is 0.770 bits per heavy atom. The average molecular weight is 1040 g/mol. The fourth-order valence-electron chi connectivity index (χ4n) is 8.80. The Bertz CT molecular complexity index is 1400. The van der Waals surface area contributed by atoms with Gasteiger partial charge in [0.2, 0.25) is 0 Å². The monoisotopic (exact) mass is 1040 g/mol. The van der Waals surface area contributed by atoms with Gasteiger partial charge in [0.05, 0.1) is 40.3 Å². The van der Waals surface area contributed by atoms with Crippen LogP contribution in [0.2, 0.25) is 0 Å². The molecule has 0 aliphatic carbocycles. The summed E-state index contributed by atoms with van der Waals surface area (Å²) in [6.45, 7) is 4.63. The summed E-state index contributed by atoms with van der Waals surface area (Å²) in [6.07, 6.45) is 68.7. The second-order valence-corrected chi connectivity index (χ2v) is 22.0. The molecule has 9 nitrogen and oxygen atoms in total. The number of rotatable bonds is 57. The van der Waals surface area contributed by atoms with Gasteiger partial charge in [0.15, 0.2) is 12.4 Å². The SMILES string of the molecule is CC/C=C\C/C=C\C/C=C\C/C=C\C/C=C\CCCCCC(=O)OC(COC(=O)CCCCCCCCCCCCCCCCCCCCCCCCCCCCCCCC)COC(OCC[N+](C)(C)C)C(=O)[O-]. The maximum Gasteiger partial charge on any atom is 0.306 e. The number of ether oxygens (including phenoxy) is 4. The van der Waals surface area contributed by atoms with Gasteiger partial charge < -0.3 is 33.3 Å². The number of hydrogen-bond acceptors (Lipinski definition) is 8. The molecule has 0 spiro atoms. The first-order valence-corrected chi connectivity index (χ1v) is 30.9. The zero-order valence-corrected chi connectivity index (χ0v) is 49.0. The van der Waals surface area contributed by atoms with Crippen LogP contribution in [-0.2, 0) is 33.3 Å². The van der Waals surface area contributed by atoms with Crippen molar-refractivity contribution in [2.45, 2.75) is 289 Å². The number of allylic oxidation sites excluding steroid dienone is 10. The van der Waals surface area contributed by atoms with Gasteiger partial charge in [0, 0.05) is 12.8 Å². The predicted molar refractivity (Wildman–Crippen MR) is 311 cm³/mol. The highest BCUT2D eigenvalue weighted by molar-refractivity contribution is 5.70. The molecule has 0 aromatic heterocycles. The molecule has 9 heteroatoms. The van der Waals surface area contributed by atoms with Gasteiger partial charge in [-0.05, 0) is 57.8 Å². The second kappa shape index (κ2) is 56.2. The van der Waals surface area contributed by atoms with E-state index in [1.807, 2.05) is 21.1 Å². The van der Waals surface area contributed by atoms with Crippen molar-refractivity contribution in [3.8, 4) is 0 Å². The Morgan fingerprint density at radius 3 is 1.15 bits per heavy atom. The van der Waals surface area contributed by atoms with Gasteiger partial charge in [-0.3, -0.25) is 9.59 Å². The normalized spacial score (nSPS) is 13.1. The molecular weight excluding hydrogens is 923 g/mol. The van der Waals surface area contributed by atoms with Crippen molar-refractivity contribution in [3.05, 3.63) is 60.8 Å². The van der Waals surface area contributed by atoms with Crippen LogP contribution in [0.15, 0.2) is 60.8 Å². The van der Waals surface area contributed by atoms with Crippen LogP contribution in [0.3, 0.4) is 0 Å². The quantitative estimate of drug-likeness (QED) is 0.0195. The molecule has 0 saturated carbocycles. The molecule has 0 fully saturated rings. The van der Waals surface area contributed by atoms with E-state index in [1.54, 1.807) is 0 Å². The smallest absolute Gasteiger partial charge is 0.306 e. The lowest BCUT2D eigenvalue weighted by atomic mass is 10.0. The summed E-state index contributed by atoms with van der Waals surface area (Å²) in [6, 6.07) is 0. The number of likely N-dealkylation sites (N-methyl/N-ethyl adjacent to an activating group) is 1. The molecule has 0 saturated heterocycles. The number of unbranched alkanes of at least 4 members (excludes halogenated alkanes) is 32. The summed E-state index contributed by atoms with van der Waals surface area (Å²) < 4.78 is 22.7.